The summed E-state index contributed by atoms with van der Waals surface area (Å²) < 4.78 is 15.9. The van der Waals surface area contributed by atoms with Crippen LogP contribution in [0.5, 0.6) is 0 Å². The fourth-order valence-corrected chi connectivity index (χ4v) is 1.94. The van der Waals surface area contributed by atoms with Gasteiger partial charge >= 0.3 is 0 Å². The molecule has 0 fully saturated rings. The second-order valence-corrected chi connectivity index (χ2v) is 4.65. The molecule has 1 aromatic carbocycles. The van der Waals surface area contributed by atoms with Crippen molar-refractivity contribution in [3.63, 3.8) is 0 Å². The second-order valence-electron chi connectivity index (χ2n) is 3.79. The molecule has 0 aliphatic rings. The topological polar surface area (TPSA) is 29.9 Å². The maximum Gasteiger partial charge on any atom is 0.123 e. The van der Waals surface area contributed by atoms with Crippen molar-refractivity contribution in [3.05, 3.63) is 52.3 Å². The summed E-state index contributed by atoms with van der Waals surface area (Å²) >= 11 is 3.40. The van der Waals surface area contributed by atoms with E-state index in [1.54, 1.807) is 12.3 Å². The molecular weight excluding hydrogens is 285 g/mol. The lowest BCUT2D eigenvalue weighted by atomic mass is 10.2. The molecule has 0 aliphatic carbocycles. The number of aryl methyl sites for hydroxylation is 1. The van der Waals surface area contributed by atoms with E-state index >= 15 is 0 Å². The molecule has 0 atom stereocenters. The van der Waals surface area contributed by atoms with Gasteiger partial charge in [-0.3, -0.25) is 0 Å². The molecule has 1 heterocycles. The Morgan fingerprint density at radius 3 is 2.94 bits per heavy atom. The van der Waals surface area contributed by atoms with E-state index in [-0.39, 0.29) is 5.82 Å². The lowest BCUT2D eigenvalue weighted by Gasteiger charge is -2.07. The maximum atomic E-state index is 13.0. The number of nitrogens with one attached hydrogen (secondary N) is 1. The Morgan fingerprint density at radius 2 is 2.24 bits per heavy atom. The third-order valence-corrected chi connectivity index (χ3v) is 3.30. The molecule has 2 rings (SSSR count). The van der Waals surface area contributed by atoms with Gasteiger partial charge in [-0.05, 0) is 23.8 Å². The molecule has 1 N–H and O–H groups in total. The molecule has 17 heavy (non-hydrogen) atoms. The Bertz CT molecular complexity index is 510. The van der Waals surface area contributed by atoms with Gasteiger partial charge in [-0.2, -0.15) is 0 Å². The number of halogens is 2. The zero-order chi connectivity index (χ0) is 12.3. The highest BCUT2D eigenvalue weighted by atomic mass is 79.9. The van der Waals surface area contributed by atoms with Crippen molar-refractivity contribution in [1.82, 2.24) is 14.9 Å². The van der Waals surface area contributed by atoms with Crippen LogP contribution in [0.3, 0.4) is 0 Å². The van der Waals surface area contributed by atoms with Crippen LogP contribution in [0.15, 0.2) is 35.1 Å². The van der Waals surface area contributed by atoms with Crippen molar-refractivity contribution >= 4 is 15.9 Å². The molecule has 0 bridgehead atoms. The molecular formula is C12H13BrFN3. The Hall–Kier alpha value is -1.20. The first-order chi connectivity index (χ1) is 8.16. The van der Waals surface area contributed by atoms with Crippen molar-refractivity contribution < 1.29 is 4.39 Å². The van der Waals surface area contributed by atoms with Crippen LogP contribution in [0.1, 0.15) is 11.4 Å². The van der Waals surface area contributed by atoms with Crippen LogP contribution >= 0.6 is 15.9 Å². The van der Waals surface area contributed by atoms with Gasteiger partial charge in [-0.15, -0.1) is 0 Å². The third kappa shape index (κ3) is 3.14. The normalized spacial score (nSPS) is 10.8. The molecule has 5 heteroatoms. The Balaban J connectivity index is 1.94. The number of hydrogen-bond donors (Lipinski definition) is 1. The SMILES string of the molecule is Cn1ccnc1CNCc1cc(F)ccc1Br. The van der Waals surface area contributed by atoms with Crippen LogP contribution in [0, 0.1) is 5.82 Å². The summed E-state index contributed by atoms with van der Waals surface area (Å²) in [4.78, 5) is 4.20. The first kappa shape index (κ1) is 12.3. The van der Waals surface area contributed by atoms with Gasteiger partial charge < -0.3 is 9.88 Å². The van der Waals surface area contributed by atoms with Crippen LogP contribution in [0.2, 0.25) is 0 Å². The van der Waals surface area contributed by atoms with E-state index in [2.05, 4.69) is 26.2 Å². The summed E-state index contributed by atoms with van der Waals surface area (Å²) in [7, 11) is 1.95. The zero-order valence-electron chi connectivity index (χ0n) is 9.45. The lowest BCUT2D eigenvalue weighted by Crippen LogP contribution is -2.16. The highest BCUT2D eigenvalue weighted by molar-refractivity contribution is 9.10. The molecule has 90 valence electrons. The molecule has 0 aliphatic heterocycles. The molecule has 0 unspecified atom stereocenters. The monoisotopic (exact) mass is 297 g/mol. The number of aromatic nitrogens is 2. The van der Waals surface area contributed by atoms with E-state index in [0.717, 1.165) is 15.9 Å². The van der Waals surface area contributed by atoms with Crippen LogP contribution in [0.4, 0.5) is 4.39 Å². The van der Waals surface area contributed by atoms with Gasteiger partial charge in [0.25, 0.3) is 0 Å². The van der Waals surface area contributed by atoms with Gasteiger partial charge in [0.1, 0.15) is 11.6 Å². The van der Waals surface area contributed by atoms with E-state index in [4.69, 9.17) is 0 Å². The Kier molecular flexibility index (Phi) is 3.91. The summed E-state index contributed by atoms with van der Waals surface area (Å²) in [5.41, 5.74) is 0.902. The van der Waals surface area contributed by atoms with E-state index in [1.807, 2.05) is 17.8 Å². The van der Waals surface area contributed by atoms with E-state index in [0.29, 0.717) is 13.1 Å². The minimum absolute atomic E-state index is 0.220. The van der Waals surface area contributed by atoms with Gasteiger partial charge in [-0.1, -0.05) is 15.9 Å². The fourth-order valence-electron chi connectivity index (χ4n) is 1.55. The smallest absolute Gasteiger partial charge is 0.123 e. The predicted octanol–water partition coefficient (Wildman–Crippen LogP) is 2.61. The molecule has 0 saturated heterocycles. The van der Waals surface area contributed by atoms with Gasteiger partial charge in [0.15, 0.2) is 0 Å². The minimum atomic E-state index is -0.220. The van der Waals surface area contributed by atoms with E-state index in [9.17, 15) is 4.39 Å². The van der Waals surface area contributed by atoms with Crippen molar-refractivity contribution in [3.8, 4) is 0 Å². The zero-order valence-corrected chi connectivity index (χ0v) is 11.0. The molecule has 1 aromatic heterocycles. The van der Waals surface area contributed by atoms with Crippen LogP contribution in [-0.4, -0.2) is 9.55 Å². The second kappa shape index (κ2) is 5.42. The molecule has 3 nitrogen and oxygen atoms in total. The van der Waals surface area contributed by atoms with Crippen molar-refractivity contribution in [2.45, 2.75) is 13.1 Å². The summed E-state index contributed by atoms with van der Waals surface area (Å²) in [6.07, 6.45) is 3.66. The molecule has 0 saturated carbocycles. The molecule has 0 amide bonds. The van der Waals surface area contributed by atoms with Gasteiger partial charge in [0, 0.05) is 30.5 Å². The maximum absolute atomic E-state index is 13.0. The standard InChI is InChI=1S/C12H13BrFN3/c1-17-5-4-16-12(17)8-15-7-9-6-10(14)2-3-11(9)13/h2-6,15H,7-8H2,1H3. The van der Waals surface area contributed by atoms with Crippen molar-refractivity contribution in [2.24, 2.45) is 7.05 Å². The van der Waals surface area contributed by atoms with Crippen LogP contribution in [0.25, 0.3) is 0 Å². The quantitative estimate of drug-likeness (QED) is 0.940. The average Bonchev–Trinajstić information content (AvgIpc) is 2.70. The van der Waals surface area contributed by atoms with E-state index in [1.165, 1.54) is 12.1 Å². The van der Waals surface area contributed by atoms with Crippen LogP contribution < -0.4 is 5.32 Å². The summed E-state index contributed by atoms with van der Waals surface area (Å²) in [6.45, 7) is 1.26. The summed E-state index contributed by atoms with van der Waals surface area (Å²) in [5, 5.41) is 3.23. The Labute approximate surface area is 108 Å². The summed E-state index contributed by atoms with van der Waals surface area (Å²) in [5.74, 6) is 0.736. The number of imidazole rings is 1. The minimum Gasteiger partial charge on any atom is -0.337 e. The van der Waals surface area contributed by atoms with Crippen molar-refractivity contribution in [2.75, 3.05) is 0 Å². The average molecular weight is 298 g/mol. The highest BCUT2D eigenvalue weighted by Gasteiger charge is 2.03. The van der Waals surface area contributed by atoms with Gasteiger partial charge in [-0.25, -0.2) is 9.37 Å². The lowest BCUT2D eigenvalue weighted by molar-refractivity contribution is 0.612. The number of nitrogens with zero attached hydrogens (tertiary/aromatic N) is 2. The van der Waals surface area contributed by atoms with E-state index < -0.39 is 0 Å². The fraction of sp³-hybridized carbons (Fsp3) is 0.250. The van der Waals surface area contributed by atoms with Crippen LogP contribution in [-0.2, 0) is 20.1 Å². The molecule has 0 radical (unpaired) electrons. The molecule has 0 spiro atoms. The third-order valence-electron chi connectivity index (χ3n) is 2.53. The van der Waals surface area contributed by atoms with Crippen molar-refractivity contribution in [1.29, 1.82) is 0 Å². The Morgan fingerprint density at radius 1 is 1.41 bits per heavy atom. The largest absolute Gasteiger partial charge is 0.337 e. The molecule has 2 aromatic rings. The summed E-state index contributed by atoms with van der Waals surface area (Å²) in [6, 6.07) is 4.68. The number of hydrogen-bond acceptors (Lipinski definition) is 2. The number of benzene rings is 1. The first-order valence-electron chi connectivity index (χ1n) is 5.27. The van der Waals surface area contributed by atoms with Gasteiger partial charge in [0.05, 0.1) is 6.54 Å². The highest BCUT2D eigenvalue weighted by Crippen LogP contribution is 2.17. The number of rotatable bonds is 4. The predicted molar refractivity (Wildman–Crippen MR) is 67.9 cm³/mol. The first-order valence-corrected chi connectivity index (χ1v) is 6.07. The van der Waals surface area contributed by atoms with Gasteiger partial charge in [0.2, 0.25) is 0 Å².